The van der Waals surface area contributed by atoms with Crippen LogP contribution in [-0.2, 0) is 10.0 Å². The van der Waals surface area contributed by atoms with Crippen molar-refractivity contribution >= 4 is 15.9 Å². The van der Waals surface area contributed by atoms with Crippen molar-refractivity contribution in [3.05, 3.63) is 47.4 Å². The van der Waals surface area contributed by atoms with E-state index in [2.05, 4.69) is 10.5 Å². The van der Waals surface area contributed by atoms with E-state index in [-0.39, 0.29) is 18.0 Å². The van der Waals surface area contributed by atoms with E-state index in [0.29, 0.717) is 25.5 Å². The molecule has 1 aliphatic rings. The van der Waals surface area contributed by atoms with Gasteiger partial charge in [0.25, 0.3) is 5.91 Å². The second-order valence-corrected chi connectivity index (χ2v) is 8.43. The number of aromatic nitrogens is 1. The molecule has 1 amide bonds. The summed E-state index contributed by atoms with van der Waals surface area (Å²) in [4.78, 5) is 11.4. The first-order valence-electron chi connectivity index (χ1n) is 9.06. The maximum Gasteiger partial charge on any atom is 0.273 e. The molecule has 1 atom stereocenters. The molecule has 1 aromatic heterocycles. The smallest absolute Gasteiger partial charge is 0.273 e. The van der Waals surface area contributed by atoms with Gasteiger partial charge in [0.05, 0.1) is 6.04 Å². The zero-order valence-corrected chi connectivity index (χ0v) is 16.1. The van der Waals surface area contributed by atoms with Crippen molar-refractivity contribution in [1.82, 2.24) is 14.8 Å². The van der Waals surface area contributed by atoms with E-state index in [1.54, 1.807) is 0 Å². The van der Waals surface area contributed by atoms with Crippen molar-refractivity contribution in [2.24, 2.45) is 0 Å². The van der Waals surface area contributed by atoms with E-state index < -0.39 is 38.5 Å². The zero-order chi connectivity index (χ0) is 20.3. The molecule has 0 aliphatic carbocycles. The predicted octanol–water partition coefficient (Wildman–Crippen LogP) is 3.01. The Labute approximate surface area is 161 Å². The summed E-state index contributed by atoms with van der Waals surface area (Å²) in [7, 11) is -4.23. The summed E-state index contributed by atoms with van der Waals surface area (Å²) in [5.74, 6) is -2.20. The number of carbonyl (C=O) groups excluding carboxylic acids is 1. The van der Waals surface area contributed by atoms with E-state index in [4.69, 9.17) is 4.52 Å². The number of hydrogen-bond acceptors (Lipinski definition) is 5. The van der Waals surface area contributed by atoms with Gasteiger partial charge in [-0.2, -0.15) is 4.31 Å². The fourth-order valence-corrected chi connectivity index (χ4v) is 4.88. The molecule has 2 aromatic rings. The van der Waals surface area contributed by atoms with Gasteiger partial charge in [-0.25, -0.2) is 17.2 Å². The SMILES string of the molecule is CCCNC(=O)c1cc(C2CCCCN2S(=O)(=O)c2ccc(F)cc2F)on1. The molecule has 1 aliphatic heterocycles. The van der Waals surface area contributed by atoms with Gasteiger partial charge < -0.3 is 9.84 Å². The first-order valence-corrected chi connectivity index (χ1v) is 10.5. The minimum atomic E-state index is -4.23. The summed E-state index contributed by atoms with van der Waals surface area (Å²) >= 11 is 0. The van der Waals surface area contributed by atoms with Crippen LogP contribution >= 0.6 is 0 Å². The second-order valence-electron chi connectivity index (χ2n) is 6.57. The molecule has 1 aromatic carbocycles. The minimum absolute atomic E-state index is 0.0549. The highest BCUT2D eigenvalue weighted by atomic mass is 32.2. The maximum absolute atomic E-state index is 14.1. The topological polar surface area (TPSA) is 92.5 Å². The summed E-state index contributed by atoms with van der Waals surface area (Å²) in [6.07, 6.45) is 2.53. The average molecular weight is 413 g/mol. The van der Waals surface area contributed by atoms with Gasteiger partial charge in [0, 0.05) is 25.2 Å². The molecule has 1 unspecified atom stereocenters. The van der Waals surface area contributed by atoms with Crippen LogP contribution in [0.4, 0.5) is 8.78 Å². The first kappa shape index (κ1) is 20.4. The molecule has 3 rings (SSSR count). The molecule has 1 fully saturated rings. The minimum Gasteiger partial charge on any atom is -0.359 e. The Kier molecular flexibility index (Phi) is 6.09. The lowest BCUT2D eigenvalue weighted by molar-refractivity contribution is 0.0944. The predicted molar refractivity (Wildman–Crippen MR) is 96.0 cm³/mol. The molecule has 1 N–H and O–H groups in total. The van der Waals surface area contributed by atoms with E-state index >= 15 is 0 Å². The van der Waals surface area contributed by atoms with Gasteiger partial charge in [-0.15, -0.1) is 0 Å². The first-order chi connectivity index (χ1) is 13.3. The normalized spacial score (nSPS) is 18.2. The van der Waals surface area contributed by atoms with Gasteiger partial charge in [-0.1, -0.05) is 18.5 Å². The molecule has 28 heavy (non-hydrogen) atoms. The van der Waals surface area contributed by atoms with Gasteiger partial charge in [0.1, 0.15) is 16.5 Å². The molecule has 0 bridgehead atoms. The standard InChI is InChI=1S/C18H21F2N3O4S/c1-2-8-21-18(24)14-11-16(27-22-14)15-5-3-4-9-23(15)28(25,26)17-7-6-12(19)10-13(17)20/h6-7,10-11,15H,2-5,8-9H2,1H3,(H,21,24). The molecule has 2 heterocycles. The van der Waals surface area contributed by atoms with Crippen LogP contribution in [0.1, 0.15) is 54.9 Å². The maximum atomic E-state index is 14.1. The molecule has 152 valence electrons. The Morgan fingerprint density at radius 3 is 2.82 bits per heavy atom. The zero-order valence-electron chi connectivity index (χ0n) is 15.3. The van der Waals surface area contributed by atoms with Gasteiger partial charge in [0.2, 0.25) is 10.0 Å². The Morgan fingerprint density at radius 2 is 2.11 bits per heavy atom. The number of carbonyl (C=O) groups is 1. The number of halogens is 2. The molecular formula is C18H21F2N3O4S. The van der Waals surface area contributed by atoms with E-state index in [1.165, 1.54) is 6.07 Å². The van der Waals surface area contributed by atoms with Gasteiger partial charge in [-0.05, 0) is 31.4 Å². The highest BCUT2D eigenvalue weighted by molar-refractivity contribution is 7.89. The molecule has 0 radical (unpaired) electrons. The van der Waals surface area contributed by atoms with Crippen molar-refractivity contribution in [1.29, 1.82) is 0 Å². The van der Waals surface area contributed by atoms with Crippen molar-refractivity contribution in [3.63, 3.8) is 0 Å². The molecule has 7 nitrogen and oxygen atoms in total. The van der Waals surface area contributed by atoms with Crippen molar-refractivity contribution in [2.45, 2.75) is 43.5 Å². The lowest BCUT2D eigenvalue weighted by atomic mass is 10.0. The number of nitrogens with zero attached hydrogens (tertiary/aromatic N) is 2. The van der Waals surface area contributed by atoms with Crippen molar-refractivity contribution in [2.75, 3.05) is 13.1 Å². The number of rotatable bonds is 6. The Hall–Kier alpha value is -2.33. The number of nitrogens with one attached hydrogen (secondary N) is 1. The lowest BCUT2D eigenvalue weighted by Gasteiger charge is -2.33. The third kappa shape index (κ3) is 4.07. The van der Waals surface area contributed by atoms with Crippen LogP contribution in [0.15, 0.2) is 33.7 Å². The highest BCUT2D eigenvalue weighted by Crippen LogP contribution is 2.36. The summed E-state index contributed by atoms with van der Waals surface area (Å²) < 4.78 is 59.7. The summed E-state index contributed by atoms with van der Waals surface area (Å²) in [5, 5.41) is 6.40. The molecule has 1 saturated heterocycles. The highest BCUT2D eigenvalue weighted by Gasteiger charge is 2.38. The largest absolute Gasteiger partial charge is 0.359 e. The number of benzene rings is 1. The number of piperidine rings is 1. The van der Waals surface area contributed by atoms with E-state index in [0.717, 1.165) is 29.3 Å². The number of hydrogen-bond donors (Lipinski definition) is 1. The number of sulfonamides is 1. The van der Waals surface area contributed by atoms with Gasteiger partial charge in [0.15, 0.2) is 11.5 Å². The quantitative estimate of drug-likeness (QED) is 0.786. The van der Waals surface area contributed by atoms with Crippen LogP contribution in [0.25, 0.3) is 0 Å². The fourth-order valence-electron chi connectivity index (χ4n) is 3.17. The van der Waals surface area contributed by atoms with Crippen LogP contribution in [0.3, 0.4) is 0 Å². The van der Waals surface area contributed by atoms with Crippen LogP contribution < -0.4 is 5.32 Å². The summed E-state index contributed by atoms with van der Waals surface area (Å²) in [6, 6.07) is 3.04. The monoisotopic (exact) mass is 413 g/mol. The van der Waals surface area contributed by atoms with E-state index in [9.17, 15) is 22.0 Å². The Balaban J connectivity index is 1.90. The van der Waals surface area contributed by atoms with E-state index in [1.807, 2.05) is 6.92 Å². The number of amides is 1. The molecule has 10 heteroatoms. The van der Waals surface area contributed by atoms with Crippen LogP contribution in [-0.4, -0.2) is 36.9 Å². The lowest BCUT2D eigenvalue weighted by Crippen LogP contribution is -2.38. The van der Waals surface area contributed by atoms with Crippen molar-refractivity contribution in [3.8, 4) is 0 Å². The molecular weight excluding hydrogens is 392 g/mol. The third-order valence-corrected chi connectivity index (χ3v) is 6.50. The molecule has 0 spiro atoms. The van der Waals surface area contributed by atoms with Crippen LogP contribution in [0.2, 0.25) is 0 Å². The summed E-state index contributed by atoms with van der Waals surface area (Å²) in [6.45, 7) is 2.55. The van der Waals surface area contributed by atoms with Gasteiger partial charge >= 0.3 is 0 Å². The average Bonchev–Trinajstić information content (AvgIpc) is 3.16. The Bertz CT molecular complexity index is 961. The van der Waals surface area contributed by atoms with Gasteiger partial charge in [-0.3, -0.25) is 4.79 Å². The second kappa shape index (κ2) is 8.36. The Morgan fingerprint density at radius 1 is 1.32 bits per heavy atom. The van der Waals surface area contributed by atoms with Crippen molar-refractivity contribution < 1.29 is 26.5 Å². The molecule has 0 saturated carbocycles. The fraction of sp³-hybridized carbons (Fsp3) is 0.444. The summed E-state index contributed by atoms with van der Waals surface area (Å²) in [5.41, 5.74) is 0.0549. The third-order valence-electron chi connectivity index (χ3n) is 4.56. The van der Waals surface area contributed by atoms with Crippen LogP contribution in [0.5, 0.6) is 0 Å². The van der Waals surface area contributed by atoms with Crippen LogP contribution in [0, 0.1) is 11.6 Å².